The van der Waals surface area contributed by atoms with Crippen LogP contribution in [0.2, 0.25) is 5.02 Å². The number of sulfone groups is 1. The van der Waals surface area contributed by atoms with Crippen molar-refractivity contribution in [3.8, 4) is 0 Å². The molecule has 0 spiro atoms. The first-order chi connectivity index (χ1) is 8.53. The van der Waals surface area contributed by atoms with Crippen molar-refractivity contribution in [2.45, 2.75) is 9.79 Å². The summed E-state index contributed by atoms with van der Waals surface area (Å²) in [6, 6.07) is 12.1. The van der Waals surface area contributed by atoms with Gasteiger partial charge in [0, 0.05) is 0 Å². The zero-order valence-electron chi connectivity index (χ0n) is 8.97. The minimum absolute atomic E-state index is 0.221. The van der Waals surface area contributed by atoms with E-state index in [9.17, 15) is 8.42 Å². The molecule has 2 aromatic rings. The Kier molecular flexibility index (Phi) is 3.18. The number of hydrogen-bond acceptors (Lipinski definition) is 2. The SMILES string of the molecule is O=S1(=O)c2cccc[c]2[Bi]([Cl])[c]2cccc(Cl)c21. The van der Waals surface area contributed by atoms with Crippen molar-refractivity contribution in [2.75, 3.05) is 0 Å². The summed E-state index contributed by atoms with van der Waals surface area (Å²) >= 11 is 3.36. The van der Waals surface area contributed by atoms with Crippen LogP contribution in [0, 0.1) is 0 Å². The number of halogens is 2. The van der Waals surface area contributed by atoms with E-state index >= 15 is 0 Å². The first-order valence-corrected chi connectivity index (χ1v) is 14.7. The molecule has 0 fully saturated rings. The Morgan fingerprint density at radius 3 is 2.39 bits per heavy atom. The van der Waals surface area contributed by atoms with Gasteiger partial charge in [-0.3, -0.25) is 0 Å². The third-order valence-corrected chi connectivity index (χ3v) is 15.8. The van der Waals surface area contributed by atoms with Crippen molar-refractivity contribution in [1.29, 1.82) is 0 Å². The van der Waals surface area contributed by atoms with Gasteiger partial charge in [-0.15, -0.1) is 0 Å². The van der Waals surface area contributed by atoms with Crippen LogP contribution in [0.5, 0.6) is 0 Å². The van der Waals surface area contributed by atoms with Gasteiger partial charge < -0.3 is 0 Å². The zero-order valence-corrected chi connectivity index (χ0v) is 14.8. The fraction of sp³-hybridized carbons (Fsp3) is 0. The molecule has 1 aliphatic heterocycles. The molecule has 0 bridgehead atoms. The zero-order chi connectivity index (χ0) is 12.9. The molecule has 0 radical (unpaired) electrons. The summed E-state index contributed by atoms with van der Waals surface area (Å²) in [7, 11) is 3.03. The molecule has 2 nitrogen and oxygen atoms in total. The molecular weight excluding hydrogens is 488 g/mol. The number of rotatable bonds is 0. The van der Waals surface area contributed by atoms with Crippen LogP contribution in [-0.2, 0) is 9.84 Å². The monoisotopic (exact) mass is 494 g/mol. The van der Waals surface area contributed by atoms with E-state index in [2.05, 4.69) is 0 Å². The summed E-state index contributed by atoms with van der Waals surface area (Å²) in [6.07, 6.45) is 0. The normalized spacial score (nSPS) is 17.0. The van der Waals surface area contributed by atoms with Crippen LogP contribution in [0.3, 0.4) is 0 Å². The maximum absolute atomic E-state index is 12.6. The van der Waals surface area contributed by atoms with Gasteiger partial charge in [0.1, 0.15) is 0 Å². The number of fused-ring (bicyclic) bond motifs is 2. The van der Waals surface area contributed by atoms with Crippen molar-refractivity contribution in [3.05, 3.63) is 47.5 Å². The average Bonchev–Trinajstić information content (AvgIpc) is 2.36. The molecule has 0 aromatic heterocycles. The Morgan fingerprint density at radius 2 is 1.61 bits per heavy atom. The predicted molar refractivity (Wildman–Crippen MR) is 74.2 cm³/mol. The van der Waals surface area contributed by atoms with E-state index in [1.54, 1.807) is 30.3 Å². The summed E-state index contributed by atoms with van der Waals surface area (Å²) in [5, 5.41) is 0.266. The Balaban J connectivity index is 2.45. The van der Waals surface area contributed by atoms with Gasteiger partial charge in [-0.2, -0.15) is 0 Å². The standard InChI is InChI=1S/C12H7ClO2S.Bi.ClH/c13-11-8-4-5-9-12(11)16(14,15)10-6-2-1-3-7-10;;/h1-6,8H;;1H/q;+1;/p-1. The molecule has 0 unspecified atom stereocenters. The first-order valence-electron chi connectivity index (χ1n) is 5.12. The molecule has 0 saturated carbocycles. The fourth-order valence-electron chi connectivity index (χ4n) is 2.00. The summed E-state index contributed by atoms with van der Waals surface area (Å²) in [6.45, 7) is 0. The van der Waals surface area contributed by atoms with Gasteiger partial charge in [0.2, 0.25) is 0 Å². The molecule has 1 heterocycles. The Hall–Kier alpha value is -0.147. The van der Waals surface area contributed by atoms with Crippen molar-refractivity contribution >= 4 is 57.1 Å². The van der Waals surface area contributed by atoms with Crippen molar-refractivity contribution < 1.29 is 8.42 Å². The summed E-state index contributed by atoms with van der Waals surface area (Å²) in [4.78, 5) is 0.552. The van der Waals surface area contributed by atoms with Gasteiger partial charge in [0.15, 0.2) is 0 Å². The van der Waals surface area contributed by atoms with Gasteiger partial charge in [-0.25, -0.2) is 0 Å². The molecule has 18 heavy (non-hydrogen) atoms. The van der Waals surface area contributed by atoms with Crippen LogP contribution in [0.15, 0.2) is 52.3 Å². The molecule has 6 heteroatoms. The first kappa shape index (κ1) is 12.9. The van der Waals surface area contributed by atoms with Crippen LogP contribution in [0.1, 0.15) is 0 Å². The Labute approximate surface area is 122 Å². The van der Waals surface area contributed by atoms with Crippen molar-refractivity contribution in [2.24, 2.45) is 0 Å². The molecule has 1 aliphatic rings. The van der Waals surface area contributed by atoms with E-state index in [-0.39, 0.29) is 9.92 Å². The van der Waals surface area contributed by atoms with Crippen LogP contribution in [0.4, 0.5) is 0 Å². The summed E-state index contributed by atoms with van der Waals surface area (Å²) < 4.78 is 26.7. The molecule has 2 aromatic carbocycles. The third kappa shape index (κ3) is 1.74. The molecule has 92 valence electrons. The molecule has 0 N–H and O–H groups in total. The summed E-state index contributed by atoms with van der Waals surface area (Å²) in [5.74, 6) is 0. The van der Waals surface area contributed by atoms with Crippen LogP contribution in [-0.4, -0.2) is 29.0 Å². The fourth-order valence-corrected chi connectivity index (χ4v) is 17.0. The van der Waals surface area contributed by atoms with Crippen LogP contribution < -0.4 is 6.54 Å². The molecule has 0 aliphatic carbocycles. The quantitative estimate of drug-likeness (QED) is 0.524. The summed E-state index contributed by atoms with van der Waals surface area (Å²) in [5.41, 5.74) is 0. The molecule has 0 saturated heterocycles. The third-order valence-electron chi connectivity index (χ3n) is 2.79. The molecule has 0 amide bonds. The van der Waals surface area contributed by atoms with E-state index in [0.717, 1.165) is 6.54 Å². The Morgan fingerprint density at radius 1 is 0.944 bits per heavy atom. The molecule has 3 rings (SSSR count). The van der Waals surface area contributed by atoms with Gasteiger partial charge in [0.25, 0.3) is 0 Å². The van der Waals surface area contributed by atoms with Crippen molar-refractivity contribution in [1.82, 2.24) is 0 Å². The van der Waals surface area contributed by atoms with E-state index < -0.39 is 30.4 Å². The average molecular weight is 495 g/mol. The molecular formula is C12H7BiCl2O2S. The van der Waals surface area contributed by atoms with E-state index in [0.29, 0.717) is 4.90 Å². The van der Waals surface area contributed by atoms with Gasteiger partial charge >= 0.3 is 123 Å². The second-order valence-corrected chi connectivity index (χ2v) is 15.0. The number of benzene rings is 2. The van der Waals surface area contributed by atoms with Gasteiger partial charge in [-0.05, 0) is 0 Å². The number of hydrogen-bond donors (Lipinski definition) is 0. The Bertz CT molecular complexity index is 743. The minimum atomic E-state index is -3.53. The molecule has 0 atom stereocenters. The van der Waals surface area contributed by atoms with Crippen LogP contribution >= 0.6 is 20.1 Å². The van der Waals surface area contributed by atoms with E-state index in [4.69, 9.17) is 20.1 Å². The van der Waals surface area contributed by atoms with E-state index in [1.807, 2.05) is 12.1 Å². The topological polar surface area (TPSA) is 34.1 Å². The predicted octanol–water partition coefficient (Wildman–Crippen LogP) is 1.83. The van der Waals surface area contributed by atoms with Crippen LogP contribution in [0.25, 0.3) is 0 Å². The van der Waals surface area contributed by atoms with Gasteiger partial charge in [0.05, 0.1) is 0 Å². The second-order valence-electron chi connectivity index (χ2n) is 3.84. The van der Waals surface area contributed by atoms with Crippen molar-refractivity contribution in [3.63, 3.8) is 0 Å². The van der Waals surface area contributed by atoms with Gasteiger partial charge in [-0.1, -0.05) is 0 Å². The maximum atomic E-state index is 12.6. The second kappa shape index (κ2) is 4.45. The van der Waals surface area contributed by atoms with E-state index in [1.165, 1.54) is 0 Å².